The highest BCUT2D eigenvalue weighted by Gasteiger charge is 2.27. The molecule has 6 nitrogen and oxygen atoms in total. The molecule has 1 atom stereocenters. The molecule has 0 aliphatic rings. The molecule has 0 aromatic heterocycles. The largest absolute Gasteiger partial charge is 0.383 e. The summed E-state index contributed by atoms with van der Waals surface area (Å²) >= 11 is 5.91. The number of aryl methyl sites for hydroxylation is 1. The fourth-order valence-electron chi connectivity index (χ4n) is 2.50. The lowest BCUT2D eigenvalue weighted by Gasteiger charge is -2.25. The Morgan fingerprint density at radius 1 is 1.15 bits per heavy atom. The fraction of sp³-hybridized carbons (Fsp3) is 0.316. The number of halogens is 1. The van der Waals surface area contributed by atoms with Crippen molar-refractivity contribution in [3.63, 3.8) is 0 Å². The average molecular weight is 411 g/mol. The number of methoxy groups -OCH3 is 1. The van der Waals surface area contributed by atoms with Gasteiger partial charge in [0.25, 0.3) is 10.0 Å². The second-order valence-corrected chi connectivity index (χ2v) is 8.52. The highest BCUT2D eigenvalue weighted by molar-refractivity contribution is 7.92. The molecule has 146 valence electrons. The number of nitrogens with one attached hydrogen (secondary N) is 1. The van der Waals surface area contributed by atoms with Crippen molar-refractivity contribution in [3.8, 4) is 0 Å². The summed E-state index contributed by atoms with van der Waals surface area (Å²) < 4.78 is 32.4. The van der Waals surface area contributed by atoms with Gasteiger partial charge in [0.05, 0.1) is 17.2 Å². The molecule has 2 aromatic carbocycles. The number of nitrogens with zero attached hydrogens (tertiary/aromatic N) is 1. The van der Waals surface area contributed by atoms with Gasteiger partial charge in [-0.1, -0.05) is 29.3 Å². The van der Waals surface area contributed by atoms with Crippen LogP contribution in [0.15, 0.2) is 53.4 Å². The topological polar surface area (TPSA) is 75.7 Å². The van der Waals surface area contributed by atoms with E-state index in [9.17, 15) is 13.2 Å². The fourth-order valence-corrected chi connectivity index (χ4v) is 4.05. The summed E-state index contributed by atoms with van der Waals surface area (Å²) in [6.45, 7) is 3.63. The molecular weight excluding hydrogens is 388 g/mol. The maximum Gasteiger partial charge on any atom is 0.264 e. The summed E-state index contributed by atoms with van der Waals surface area (Å²) in [7, 11) is -2.40. The number of carbonyl (C=O) groups is 1. The van der Waals surface area contributed by atoms with Crippen molar-refractivity contribution < 1.29 is 17.9 Å². The second kappa shape index (κ2) is 9.21. The Bertz CT molecular complexity index is 868. The number of hydrogen-bond donors (Lipinski definition) is 1. The zero-order chi connectivity index (χ0) is 20.0. The number of rotatable bonds is 8. The van der Waals surface area contributed by atoms with Crippen LogP contribution in [0.5, 0.6) is 0 Å². The van der Waals surface area contributed by atoms with E-state index < -0.39 is 15.9 Å². The lowest BCUT2D eigenvalue weighted by molar-refractivity contribution is -0.120. The number of ether oxygens (including phenoxy) is 1. The van der Waals surface area contributed by atoms with Crippen LogP contribution in [0, 0.1) is 6.92 Å². The minimum Gasteiger partial charge on any atom is -0.383 e. The van der Waals surface area contributed by atoms with Crippen LogP contribution in [0.2, 0.25) is 5.02 Å². The van der Waals surface area contributed by atoms with Gasteiger partial charge in [0.2, 0.25) is 5.91 Å². The van der Waals surface area contributed by atoms with Gasteiger partial charge in [0.15, 0.2) is 0 Å². The highest BCUT2D eigenvalue weighted by Crippen LogP contribution is 2.25. The zero-order valence-electron chi connectivity index (χ0n) is 15.5. The Morgan fingerprint density at radius 3 is 2.30 bits per heavy atom. The molecule has 0 aliphatic carbocycles. The zero-order valence-corrected chi connectivity index (χ0v) is 17.0. The van der Waals surface area contributed by atoms with Crippen LogP contribution in [0.1, 0.15) is 12.5 Å². The van der Waals surface area contributed by atoms with Crippen LogP contribution < -0.4 is 9.62 Å². The molecule has 0 fully saturated rings. The van der Waals surface area contributed by atoms with Gasteiger partial charge < -0.3 is 10.1 Å². The van der Waals surface area contributed by atoms with Crippen LogP contribution in [-0.4, -0.2) is 40.6 Å². The first-order valence-corrected chi connectivity index (χ1v) is 10.2. The quantitative estimate of drug-likeness (QED) is 0.725. The van der Waals surface area contributed by atoms with E-state index in [4.69, 9.17) is 16.3 Å². The summed E-state index contributed by atoms with van der Waals surface area (Å²) in [5.74, 6) is -0.426. The Labute approximate surface area is 165 Å². The number of carbonyl (C=O) groups excluding carboxylic acids is 1. The lowest BCUT2D eigenvalue weighted by Crippen LogP contribution is -2.44. The van der Waals surface area contributed by atoms with E-state index in [0.29, 0.717) is 17.3 Å². The molecule has 0 bridgehead atoms. The molecule has 8 heteroatoms. The summed E-state index contributed by atoms with van der Waals surface area (Å²) in [6.07, 6.45) is 0. The van der Waals surface area contributed by atoms with E-state index in [1.807, 2.05) is 6.92 Å². The van der Waals surface area contributed by atoms with Crippen molar-refractivity contribution in [2.45, 2.75) is 24.8 Å². The molecule has 2 aromatic rings. The molecule has 27 heavy (non-hydrogen) atoms. The van der Waals surface area contributed by atoms with Crippen LogP contribution in [0.4, 0.5) is 5.69 Å². The van der Waals surface area contributed by atoms with Gasteiger partial charge in [0, 0.05) is 18.2 Å². The molecular formula is C19H23ClN2O4S. The number of hydrogen-bond acceptors (Lipinski definition) is 4. The molecule has 0 saturated carbocycles. The molecule has 1 amide bonds. The minimum atomic E-state index is -3.93. The Morgan fingerprint density at radius 2 is 1.74 bits per heavy atom. The SMILES string of the molecule is COC[C@@H](C)NC(=O)CN(c1ccc(Cl)cc1)S(=O)(=O)c1ccc(C)cc1. The van der Waals surface area contributed by atoms with Crippen LogP contribution in [0.25, 0.3) is 0 Å². The first-order valence-electron chi connectivity index (χ1n) is 8.37. The van der Waals surface area contributed by atoms with Gasteiger partial charge in [-0.25, -0.2) is 8.42 Å². The monoisotopic (exact) mass is 410 g/mol. The van der Waals surface area contributed by atoms with Crippen molar-refractivity contribution in [2.75, 3.05) is 24.6 Å². The van der Waals surface area contributed by atoms with Gasteiger partial charge in [-0.2, -0.15) is 0 Å². The van der Waals surface area contributed by atoms with Gasteiger partial charge in [-0.15, -0.1) is 0 Å². The molecule has 0 spiro atoms. The highest BCUT2D eigenvalue weighted by atomic mass is 35.5. The van der Waals surface area contributed by atoms with E-state index in [1.165, 1.54) is 19.2 Å². The van der Waals surface area contributed by atoms with Crippen molar-refractivity contribution in [3.05, 3.63) is 59.1 Å². The standard InChI is InChI=1S/C19H23ClN2O4S/c1-14-4-10-18(11-5-14)27(24,25)22(17-8-6-16(20)7-9-17)12-19(23)21-15(2)13-26-3/h4-11,15H,12-13H2,1-3H3,(H,21,23)/t15-/m1/s1. The third-order valence-electron chi connectivity index (χ3n) is 3.83. The Hall–Kier alpha value is -2.09. The van der Waals surface area contributed by atoms with E-state index in [2.05, 4.69) is 5.32 Å². The third kappa shape index (κ3) is 5.69. The molecule has 0 aliphatic heterocycles. The molecule has 0 saturated heterocycles. The predicted octanol–water partition coefficient (Wildman–Crippen LogP) is 2.99. The molecule has 0 unspecified atom stereocenters. The van der Waals surface area contributed by atoms with Gasteiger partial charge in [-0.05, 0) is 50.2 Å². The van der Waals surface area contributed by atoms with E-state index in [0.717, 1.165) is 9.87 Å². The smallest absolute Gasteiger partial charge is 0.264 e. The number of anilines is 1. The summed E-state index contributed by atoms with van der Waals surface area (Å²) in [4.78, 5) is 12.5. The van der Waals surface area contributed by atoms with Gasteiger partial charge >= 0.3 is 0 Å². The summed E-state index contributed by atoms with van der Waals surface area (Å²) in [5.41, 5.74) is 1.30. The molecule has 0 radical (unpaired) electrons. The summed E-state index contributed by atoms with van der Waals surface area (Å²) in [5, 5.41) is 3.21. The van der Waals surface area contributed by atoms with E-state index in [-0.39, 0.29) is 17.5 Å². The maximum atomic E-state index is 13.2. The van der Waals surface area contributed by atoms with Crippen LogP contribution in [-0.2, 0) is 19.6 Å². The van der Waals surface area contributed by atoms with Gasteiger partial charge in [0.1, 0.15) is 6.54 Å². The number of amides is 1. The van der Waals surface area contributed by atoms with E-state index in [1.54, 1.807) is 43.3 Å². The Kier molecular flexibility index (Phi) is 7.24. The molecule has 1 N–H and O–H groups in total. The van der Waals surface area contributed by atoms with Crippen molar-refractivity contribution in [2.24, 2.45) is 0 Å². The molecule has 0 heterocycles. The van der Waals surface area contributed by atoms with Crippen molar-refractivity contribution in [1.29, 1.82) is 0 Å². The average Bonchev–Trinajstić information content (AvgIpc) is 2.61. The van der Waals surface area contributed by atoms with Crippen molar-refractivity contribution >= 4 is 33.2 Å². The minimum absolute atomic E-state index is 0.112. The van der Waals surface area contributed by atoms with Gasteiger partial charge in [-0.3, -0.25) is 9.10 Å². The third-order valence-corrected chi connectivity index (χ3v) is 5.87. The predicted molar refractivity (Wildman–Crippen MR) is 107 cm³/mol. The molecule has 2 rings (SSSR count). The van der Waals surface area contributed by atoms with E-state index >= 15 is 0 Å². The maximum absolute atomic E-state index is 13.2. The van der Waals surface area contributed by atoms with Crippen LogP contribution >= 0.6 is 11.6 Å². The first-order chi connectivity index (χ1) is 12.7. The van der Waals surface area contributed by atoms with Crippen molar-refractivity contribution in [1.82, 2.24) is 5.32 Å². The number of benzene rings is 2. The van der Waals surface area contributed by atoms with Crippen LogP contribution in [0.3, 0.4) is 0 Å². The normalized spacial score (nSPS) is 12.4. The lowest BCUT2D eigenvalue weighted by atomic mass is 10.2. The first kappa shape index (κ1) is 21.2. The number of sulfonamides is 1. The second-order valence-electron chi connectivity index (χ2n) is 6.23. The summed E-state index contributed by atoms with van der Waals surface area (Å²) in [6, 6.07) is 12.6. The Balaban J connectivity index is 2.36.